The number of hydrogen-bond acceptors (Lipinski definition) is 2. The molecule has 0 spiro atoms. The molecule has 0 saturated heterocycles. The molecule has 0 bridgehead atoms. The number of rotatable bonds is 6. The minimum absolute atomic E-state index is 0.0635. The Morgan fingerprint density at radius 1 is 1.33 bits per heavy atom. The van der Waals surface area contributed by atoms with Crippen LogP contribution in [0.3, 0.4) is 0 Å². The molecule has 2 amide bonds. The van der Waals surface area contributed by atoms with Gasteiger partial charge in [0.25, 0.3) is 0 Å². The van der Waals surface area contributed by atoms with Crippen LogP contribution in [0, 0.1) is 17.6 Å². The number of carbonyl (C=O) groups is 1. The van der Waals surface area contributed by atoms with E-state index in [-0.39, 0.29) is 12.1 Å². The van der Waals surface area contributed by atoms with Crippen LogP contribution in [-0.2, 0) is 5.60 Å². The first-order valence-electron chi connectivity index (χ1n) is 6.92. The van der Waals surface area contributed by atoms with Gasteiger partial charge in [0.15, 0.2) is 0 Å². The Morgan fingerprint density at radius 3 is 2.57 bits per heavy atom. The minimum Gasteiger partial charge on any atom is -0.383 e. The van der Waals surface area contributed by atoms with Crippen LogP contribution < -0.4 is 10.6 Å². The molecule has 1 aromatic carbocycles. The van der Waals surface area contributed by atoms with Crippen molar-refractivity contribution >= 4 is 6.03 Å². The second kappa shape index (κ2) is 7.36. The van der Waals surface area contributed by atoms with Gasteiger partial charge in [-0.2, -0.15) is 0 Å². The molecule has 1 unspecified atom stereocenters. The third-order valence-electron chi connectivity index (χ3n) is 3.11. The average molecular weight is 300 g/mol. The Labute approximate surface area is 123 Å². The van der Waals surface area contributed by atoms with Gasteiger partial charge in [0.2, 0.25) is 0 Å². The zero-order chi connectivity index (χ0) is 16.0. The smallest absolute Gasteiger partial charge is 0.314 e. The third kappa shape index (κ3) is 5.67. The van der Waals surface area contributed by atoms with Crippen molar-refractivity contribution < 1.29 is 18.7 Å². The van der Waals surface area contributed by atoms with Gasteiger partial charge in [0.05, 0.1) is 6.54 Å². The number of benzene rings is 1. The second-order valence-corrected chi connectivity index (χ2v) is 5.69. The van der Waals surface area contributed by atoms with Crippen LogP contribution in [-0.4, -0.2) is 24.2 Å². The van der Waals surface area contributed by atoms with Crippen molar-refractivity contribution in [1.82, 2.24) is 10.6 Å². The summed E-state index contributed by atoms with van der Waals surface area (Å²) in [6.07, 6.45) is 0.844. The molecule has 0 radical (unpaired) electrons. The molecule has 0 aliphatic rings. The third-order valence-corrected chi connectivity index (χ3v) is 3.11. The van der Waals surface area contributed by atoms with Gasteiger partial charge in [-0.15, -0.1) is 0 Å². The molecule has 1 aromatic rings. The maximum atomic E-state index is 13.6. The number of urea groups is 1. The highest BCUT2D eigenvalue weighted by molar-refractivity contribution is 5.73. The van der Waals surface area contributed by atoms with E-state index in [4.69, 9.17) is 0 Å². The van der Waals surface area contributed by atoms with E-state index in [9.17, 15) is 18.7 Å². The van der Waals surface area contributed by atoms with Crippen molar-refractivity contribution in [3.8, 4) is 0 Å². The van der Waals surface area contributed by atoms with E-state index in [0.717, 1.165) is 12.5 Å². The van der Waals surface area contributed by atoms with Gasteiger partial charge in [-0.3, -0.25) is 0 Å². The van der Waals surface area contributed by atoms with E-state index in [2.05, 4.69) is 10.6 Å². The van der Waals surface area contributed by atoms with Gasteiger partial charge in [0.1, 0.15) is 17.2 Å². The van der Waals surface area contributed by atoms with E-state index < -0.39 is 23.3 Å². The molecular weight excluding hydrogens is 278 g/mol. The van der Waals surface area contributed by atoms with Crippen molar-refractivity contribution in [2.24, 2.45) is 5.92 Å². The standard InChI is InChI=1S/C15H22F2N2O2/c1-10(2)6-7-18-14(20)19-9-15(3,21)12-5-4-11(16)8-13(12)17/h4-5,8,10,21H,6-7,9H2,1-3H3,(H2,18,19,20). The lowest BCUT2D eigenvalue weighted by Gasteiger charge is -2.24. The molecule has 21 heavy (non-hydrogen) atoms. The molecule has 0 aliphatic carbocycles. The first kappa shape index (κ1) is 17.4. The summed E-state index contributed by atoms with van der Waals surface area (Å²) < 4.78 is 26.5. The predicted octanol–water partition coefficient (Wildman–Crippen LogP) is 2.52. The first-order valence-corrected chi connectivity index (χ1v) is 6.92. The van der Waals surface area contributed by atoms with Gasteiger partial charge in [-0.1, -0.05) is 19.9 Å². The van der Waals surface area contributed by atoms with Crippen LogP contribution in [0.4, 0.5) is 13.6 Å². The molecule has 1 rings (SSSR count). The second-order valence-electron chi connectivity index (χ2n) is 5.69. The van der Waals surface area contributed by atoms with Gasteiger partial charge in [0, 0.05) is 18.2 Å². The summed E-state index contributed by atoms with van der Waals surface area (Å²) in [5, 5.41) is 15.3. The molecule has 118 valence electrons. The van der Waals surface area contributed by atoms with Crippen molar-refractivity contribution in [3.63, 3.8) is 0 Å². The summed E-state index contributed by atoms with van der Waals surface area (Å²) in [5.41, 5.74) is -1.68. The molecule has 0 aliphatic heterocycles. The van der Waals surface area contributed by atoms with Gasteiger partial charge >= 0.3 is 6.03 Å². The summed E-state index contributed by atoms with van der Waals surface area (Å²) >= 11 is 0. The zero-order valence-corrected chi connectivity index (χ0v) is 12.5. The molecular formula is C15H22F2N2O2. The lowest BCUT2D eigenvalue weighted by molar-refractivity contribution is 0.0555. The minimum atomic E-state index is -1.62. The summed E-state index contributed by atoms with van der Waals surface area (Å²) in [6.45, 7) is 5.79. The Hall–Kier alpha value is -1.69. The van der Waals surface area contributed by atoms with E-state index in [1.807, 2.05) is 13.8 Å². The molecule has 6 heteroatoms. The molecule has 3 N–H and O–H groups in total. The largest absolute Gasteiger partial charge is 0.383 e. The van der Waals surface area contributed by atoms with E-state index in [1.54, 1.807) is 0 Å². The monoisotopic (exact) mass is 300 g/mol. The van der Waals surface area contributed by atoms with Crippen LogP contribution in [0.2, 0.25) is 0 Å². The van der Waals surface area contributed by atoms with Crippen molar-refractivity contribution in [1.29, 1.82) is 0 Å². The fourth-order valence-electron chi connectivity index (χ4n) is 1.81. The number of aliphatic hydroxyl groups is 1. The highest BCUT2D eigenvalue weighted by Gasteiger charge is 2.27. The van der Waals surface area contributed by atoms with Crippen molar-refractivity contribution in [2.45, 2.75) is 32.8 Å². The quantitative estimate of drug-likeness (QED) is 0.756. The average Bonchev–Trinajstić information content (AvgIpc) is 2.35. The van der Waals surface area contributed by atoms with Gasteiger partial charge in [-0.25, -0.2) is 13.6 Å². The number of amides is 2. The van der Waals surface area contributed by atoms with Crippen molar-refractivity contribution in [2.75, 3.05) is 13.1 Å². The van der Waals surface area contributed by atoms with Crippen LogP contribution >= 0.6 is 0 Å². The van der Waals surface area contributed by atoms with Crippen molar-refractivity contribution in [3.05, 3.63) is 35.4 Å². The summed E-state index contributed by atoms with van der Waals surface area (Å²) in [4.78, 5) is 11.6. The Bertz CT molecular complexity index is 491. The number of nitrogens with one attached hydrogen (secondary N) is 2. The van der Waals surface area contributed by atoms with Gasteiger partial charge in [-0.05, 0) is 25.3 Å². The summed E-state index contributed by atoms with van der Waals surface area (Å²) in [7, 11) is 0. The van der Waals surface area contributed by atoms with E-state index in [1.165, 1.54) is 13.0 Å². The normalized spacial score (nSPS) is 13.9. The maximum Gasteiger partial charge on any atom is 0.314 e. The van der Waals surface area contributed by atoms with Crippen LogP contribution in [0.15, 0.2) is 18.2 Å². The van der Waals surface area contributed by atoms with E-state index in [0.29, 0.717) is 18.5 Å². The maximum absolute atomic E-state index is 13.6. The highest BCUT2D eigenvalue weighted by atomic mass is 19.1. The van der Waals surface area contributed by atoms with Gasteiger partial charge < -0.3 is 15.7 Å². The zero-order valence-electron chi connectivity index (χ0n) is 12.5. The Balaban J connectivity index is 2.54. The molecule has 0 aromatic heterocycles. The lowest BCUT2D eigenvalue weighted by Crippen LogP contribution is -2.44. The highest BCUT2D eigenvalue weighted by Crippen LogP contribution is 2.23. The predicted molar refractivity (Wildman–Crippen MR) is 76.8 cm³/mol. The summed E-state index contributed by atoms with van der Waals surface area (Å²) in [5.74, 6) is -1.09. The molecule has 0 heterocycles. The molecule has 1 atom stereocenters. The number of hydrogen-bond donors (Lipinski definition) is 3. The van der Waals surface area contributed by atoms with Crippen LogP contribution in [0.5, 0.6) is 0 Å². The van der Waals surface area contributed by atoms with E-state index >= 15 is 0 Å². The Kier molecular flexibility index (Phi) is 6.08. The number of halogens is 2. The Morgan fingerprint density at radius 2 is 2.00 bits per heavy atom. The molecule has 4 nitrogen and oxygen atoms in total. The first-order chi connectivity index (χ1) is 9.72. The van der Waals surface area contributed by atoms with Crippen LogP contribution in [0.1, 0.15) is 32.8 Å². The topological polar surface area (TPSA) is 61.4 Å². The fourth-order valence-corrected chi connectivity index (χ4v) is 1.81. The SMILES string of the molecule is CC(C)CCNC(=O)NCC(C)(O)c1ccc(F)cc1F. The molecule has 0 saturated carbocycles. The van der Waals surface area contributed by atoms with Crippen LogP contribution in [0.25, 0.3) is 0 Å². The molecule has 0 fully saturated rings. The number of carbonyl (C=O) groups excluding carboxylic acids is 1. The fraction of sp³-hybridized carbons (Fsp3) is 0.533. The lowest BCUT2D eigenvalue weighted by atomic mass is 9.95. The summed E-state index contributed by atoms with van der Waals surface area (Å²) in [6, 6.07) is 2.50.